The normalized spacial score (nSPS) is 12.8. The molecule has 1 N–H and O–H groups in total. The van der Waals surface area contributed by atoms with Gasteiger partial charge < -0.3 is 9.53 Å². The van der Waals surface area contributed by atoms with Crippen molar-refractivity contribution in [2.24, 2.45) is 0 Å². The highest BCUT2D eigenvalue weighted by molar-refractivity contribution is 7.86. The van der Waals surface area contributed by atoms with E-state index in [1.807, 2.05) is 0 Å². The first kappa shape index (κ1) is 14.6. The van der Waals surface area contributed by atoms with Crippen LogP contribution in [0.3, 0.4) is 0 Å². The molecule has 0 bridgehead atoms. The molecule has 0 fully saturated rings. The third kappa shape index (κ3) is 3.52. The van der Waals surface area contributed by atoms with Crippen LogP contribution in [0.25, 0.3) is 0 Å². The lowest BCUT2D eigenvalue weighted by atomic mass is 10.1. The first-order chi connectivity index (χ1) is 8.25. The lowest BCUT2D eigenvalue weighted by Crippen LogP contribution is -2.13. The Morgan fingerprint density at radius 2 is 2.11 bits per heavy atom. The minimum atomic E-state index is -4.56. The monoisotopic (exact) mass is 292 g/mol. The fourth-order valence-electron chi connectivity index (χ4n) is 1.25. The average molecular weight is 293 g/mol. The molecule has 98 valence electrons. The van der Waals surface area contributed by atoms with E-state index in [9.17, 15) is 18.0 Å². The van der Waals surface area contributed by atoms with Crippen LogP contribution in [0.5, 0.6) is 5.75 Å². The molecule has 1 atom stereocenters. The highest BCUT2D eigenvalue weighted by Crippen LogP contribution is 2.29. The van der Waals surface area contributed by atoms with Crippen LogP contribution >= 0.6 is 11.6 Å². The molecule has 0 aliphatic carbocycles. The maximum Gasteiger partial charge on any atom is 0.308 e. The summed E-state index contributed by atoms with van der Waals surface area (Å²) in [6.07, 6.45) is 0.0759. The number of benzene rings is 1. The fraction of sp³-hybridized carbons (Fsp3) is 0.200. The van der Waals surface area contributed by atoms with Crippen LogP contribution in [0, 0.1) is 0 Å². The molecule has 1 aromatic carbocycles. The number of rotatable bonds is 4. The van der Waals surface area contributed by atoms with Crippen molar-refractivity contribution >= 4 is 34.0 Å². The summed E-state index contributed by atoms with van der Waals surface area (Å²) in [5.74, 6) is -0.556. The van der Waals surface area contributed by atoms with Crippen molar-refractivity contribution in [3.05, 3.63) is 28.8 Å². The topological polar surface area (TPSA) is 97.7 Å². The van der Waals surface area contributed by atoms with Crippen molar-refractivity contribution in [3.8, 4) is 5.75 Å². The van der Waals surface area contributed by atoms with Crippen molar-refractivity contribution in [2.45, 2.75) is 12.2 Å². The Bertz CT molecular complexity index is 580. The quantitative estimate of drug-likeness (QED) is 0.390. The molecule has 1 unspecified atom stereocenters. The van der Waals surface area contributed by atoms with E-state index >= 15 is 0 Å². The van der Waals surface area contributed by atoms with Gasteiger partial charge in [-0.15, -0.1) is 0 Å². The molecule has 1 aromatic rings. The van der Waals surface area contributed by atoms with Gasteiger partial charge in [0.1, 0.15) is 12.0 Å². The van der Waals surface area contributed by atoms with Crippen LogP contribution in [0.2, 0.25) is 5.02 Å². The third-order valence-corrected chi connectivity index (χ3v) is 3.30. The molecule has 0 aliphatic rings. The molecule has 0 spiro atoms. The van der Waals surface area contributed by atoms with E-state index in [1.54, 1.807) is 0 Å². The fourth-order valence-corrected chi connectivity index (χ4v) is 2.11. The van der Waals surface area contributed by atoms with Gasteiger partial charge in [0.05, 0.1) is 5.02 Å². The van der Waals surface area contributed by atoms with Gasteiger partial charge >= 0.3 is 5.97 Å². The third-order valence-electron chi connectivity index (χ3n) is 1.98. The lowest BCUT2D eigenvalue weighted by molar-refractivity contribution is -0.131. The highest BCUT2D eigenvalue weighted by atomic mass is 35.5. The van der Waals surface area contributed by atoms with Gasteiger partial charge in [-0.3, -0.25) is 9.35 Å². The van der Waals surface area contributed by atoms with Crippen molar-refractivity contribution in [2.75, 3.05) is 0 Å². The Hall–Kier alpha value is -1.44. The van der Waals surface area contributed by atoms with E-state index in [4.69, 9.17) is 20.9 Å². The summed E-state index contributed by atoms with van der Waals surface area (Å²) < 4.78 is 35.4. The predicted molar refractivity (Wildman–Crippen MR) is 63.1 cm³/mol. The molecule has 0 aromatic heterocycles. The van der Waals surface area contributed by atoms with Gasteiger partial charge in [0.15, 0.2) is 5.25 Å². The summed E-state index contributed by atoms with van der Waals surface area (Å²) in [5.41, 5.74) is -0.0200. The second-order valence-electron chi connectivity index (χ2n) is 3.36. The Kier molecular flexibility index (Phi) is 4.44. The first-order valence-corrected chi connectivity index (χ1v) is 6.53. The SMILES string of the molecule is CC(=O)Oc1ccc(C(C=O)S(=O)(=O)O)cc1Cl. The van der Waals surface area contributed by atoms with E-state index in [0.717, 1.165) is 6.07 Å². The zero-order valence-electron chi connectivity index (χ0n) is 9.16. The van der Waals surface area contributed by atoms with Crippen molar-refractivity contribution < 1.29 is 27.3 Å². The minimum Gasteiger partial charge on any atom is -0.425 e. The largest absolute Gasteiger partial charge is 0.425 e. The molecule has 6 nitrogen and oxygen atoms in total. The molecule has 0 aliphatic heterocycles. The molecular formula is C10H9ClO6S. The number of aldehydes is 1. The summed E-state index contributed by atoms with van der Waals surface area (Å²) in [7, 11) is -4.56. The van der Waals surface area contributed by atoms with Crippen LogP contribution in [0.15, 0.2) is 18.2 Å². The number of carbonyl (C=O) groups excluding carboxylic acids is 2. The van der Waals surface area contributed by atoms with Gasteiger partial charge in [-0.25, -0.2) is 0 Å². The molecule has 1 rings (SSSR count). The van der Waals surface area contributed by atoms with E-state index in [1.165, 1.54) is 19.1 Å². The second kappa shape index (κ2) is 5.47. The van der Waals surface area contributed by atoms with Crippen molar-refractivity contribution in [1.29, 1.82) is 0 Å². The van der Waals surface area contributed by atoms with E-state index in [0.29, 0.717) is 0 Å². The number of carbonyl (C=O) groups is 2. The van der Waals surface area contributed by atoms with Crippen LogP contribution in [-0.2, 0) is 19.7 Å². The summed E-state index contributed by atoms with van der Waals surface area (Å²) in [6.45, 7) is 1.18. The maximum atomic E-state index is 10.9. The molecule has 0 heterocycles. The number of ether oxygens (including phenoxy) is 1. The van der Waals surface area contributed by atoms with Gasteiger partial charge in [0, 0.05) is 6.92 Å². The Balaban J connectivity index is 3.18. The van der Waals surface area contributed by atoms with Gasteiger partial charge in [-0.1, -0.05) is 17.7 Å². The molecule has 18 heavy (non-hydrogen) atoms. The summed E-state index contributed by atoms with van der Waals surface area (Å²) in [5, 5.41) is -1.76. The van der Waals surface area contributed by atoms with E-state index < -0.39 is 21.3 Å². The predicted octanol–water partition coefficient (Wildman–Crippen LogP) is 1.39. The van der Waals surface area contributed by atoms with E-state index in [2.05, 4.69) is 0 Å². The van der Waals surface area contributed by atoms with Crippen LogP contribution in [0.4, 0.5) is 0 Å². The van der Waals surface area contributed by atoms with Gasteiger partial charge in [0.2, 0.25) is 0 Å². The van der Waals surface area contributed by atoms with Crippen molar-refractivity contribution in [1.82, 2.24) is 0 Å². The zero-order chi connectivity index (χ0) is 13.9. The molecule has 0 amide bonds. The molecule has 0 saturated carbocycles. The second-order valence-corrected chi connectivity index (χ2v) is 5.30. The Labute approximate surface area is 108 Å². The summed E-state index contributed by atoms with van der Waals surface area (Å²) in [6, 6.07) is 3.59. The number of halogens is 1. The molecule has 0 radical (unpaired) electrons. The first-order valence-electron chi connectivity index (χ1n) is 4.65. The minimum absolute atomic E-state index is 0.0200. The Morgan fingerprint density at radius 3 is 2.50 bits per heavy atom. The summed E-state index contributed by atoms with van der Waals surface area (Å²) in [4.78, 5) is 21.4. The standard InChI is InChI=1S/C10H9ClO6S/c1-6(13)17-9-3-2-7(4-8(9)11)10(5-12)18(14,15)16/h2-5,10H,1H3,(H,14,15,16). The number of hydrogen-bond donors (Lipinski definition) is 1. The number of esters is 1. The summed E-state index contributed by atoms with van der Waals surface area (Å²) >= 11 is 5.75. The van der Waals surface area contributed by atoms with Gasteiger partial charge in [-0.2, -0.15) is 8.42 Å². The average Bonchev–Trinajstić information content (AvgIpc) is 2.20. The zero-order valence-corrected chi connectivity index (χ0v) is 10.7. The van der Waals surface area contributed by atoms with Gasteiger partial charge in [0.25, 0.3) is 10.1 Å². The lowest BCUT2D eigenvalue weighted by Gasteiger charge is -2.09. The van der Waals surface area contributed by atoms with E-state index in [-0.39, 0.29) is 22.6 Å². The smallest absolute Gasteiger partial charge is 0.308 e. The van der Waals surface area contributed by atoms with Gasteiger partial charge in [-0.05, 0) is 17.7 Å². The molecule has 0 saturated heterocycles. The van der Waals surface area contributed by atoms with Crippen LogP contribution in [0.1, 0.15) is 17.7 Å². The van der Waals surface area contributed by atoms with Crippen molar-refractivity contribution in [3.63, 3.8) is 0 Å². The Morgan fingerprint density at radius 1 is 1.50 bits per heavy atom. The highest BCUT2D eigenvalue weighted by Gasteiger charge is 2.25. The number of hydrogen-bond acceptors (Lipinski definition) is 5. The molecule has 8 heteroatoms. The molecular weight excluding hydrogens is 284 g/mol. The van der Waals surface area contributed by atoms with Crippen LogP contribution in [-0.4, -0.2) is 25.2 Å². The maximum absolute atomic E-state index is 10.9. The van der Waals surface area contributed by atoms with Crippen LogP contribution < -0.4 is 4.74 Å².